The molecule has 0 radical (unpaired) electrons. The third-order valence-corrected chi connectivity index (χ3v) is 2.36. The van der Waals surface area contributed by atoms with Crippen LogP contribution in [0, 0.1) is 0 Å². The third kappa shape index (κ3) is 2.40. The van der Waals surface area contributed by atoms with E-state index in [1.807, 2.05) is 0 Å². The van der Waals surface area contributed by atoms with E-state index in [4.69, 9.17) is 0 Å². The molecule has 1 N–H and O–H groups in total. The standard InChI is InChI=1S/C9H10F2N4O2/c1-15-5(2-3-6(10)11)4-12-8(15)7-13-9(16)17-14-7/h4,6H,2-3H2,1H3,(H,13,14,16). The zero-order chi connectivity index (χ0) is 12.4. The Morgan fingerprint density at radius 3 is 2.94 bits per heavy atom. The van der Waals surface area contributed by atoms with Crippen LogP contribution in [0.4, 0.5) is 8.78 Å². The first-order chi connectivity index (χ1) is 8.08. The number of rotatable bonds is 4. The number of alkyl halides is 2. The Bertz CT molecular complexity index is 557. The Balaban J connectivity index is 2.23. The smallest absolute Gasteiger partial charge is 0.328 e. The predicted octanol–water partition coefficient (Wildman–Crippen LogP) is 0.961. The molecule has 0 atom stereocenters. The van der Waals surface area contributed by atoms with Crippen LogP contribution in [0.2, 0.25) is 0 Å². The minimum atomic E-state index is -2.35. The Morgan fingerprint density at radius 2 is 2.35 bits per heavy atom. The number of halogens is 2. The van der Waals surface area contributed by atoms with E-state index in [0.29, 0.717) is 11.5 Å². The van der Waals surface area contributed by atoms with Gasteiger partial charge in [0, 0.05) is 25.4 Å². The molecule has 0 amide bonds. The Kier molecular flexibility index (Phi) is 3.03. The van der Waals surface area contributed by atoms with E-state index in [0.717, 1.165) is 0 Å². The van der Waals surface area contributed by atoms with Gasteiger partial charge < -0.3 is 4.57 Å². The topological polar surface area (TPSA) is 76.7 Å². The van der Waals surface area contributed by atoms with Gasteiger partial charge in [0.05, 0.1) is 0 Å². The van der Waals surface area contributed by atoms with Crippen molar-refractivity contribution in [1.29, 1.82) is 0 Å². The number of H-pyrrole nitrogens is 1. The molecule has 0 aromatic carbocycles. The van der Waals surface area contributed by atoms with Crippen molar-refractivity contribution in [3.05, 3.63) is 22.4 Å². The monoisotopic (exact) mass is 244 g/mol. The highest BCUT2D eigenvalue weighted by Crippen LogP contribution is 2.15. The molecule has 6 nitrogen and oxygen atoms in total. The highest BCUT2D eigenvalue weighted by atomic mass is 19.3. The second-order valence-electron chi connectivity index (χ2n) is 3.51. The van der Waals surface area contributed by atoms with Crippen LogP contribution in [0.1, 0.15) is 12.1 Å². The first kappa shape index (κ1) is 11.5. The fraction of sp³-hybridized carbons (Fsp3) is 0.444. The summed E-state index contributed by atoms with van der Waals surface area (Å²) in [4.78, 5) is 17.1. The number of hydrogen-bond acceptors (Lipinski definition) is 4. The van der Waals surface area contributed by atoms with E-state index in [9.17, 15) is 13.6 Å². The van der Waals surface area contributed by atoms with Crippen LogP contribution in [-0.4, -0.2) is 26.1 Å². The lowest BCUT2D eigenvalue weighted by atomic mass is 10.2. The van der Waals surface area contributed by atoms with E-state index < -0.39 is 12.2 Å². The molecule has 0 aliphatic carbocycles. The molecule has 0 aliphatic heterocycles. The Morgan fingerprint density at radius 1 is 1.59 bits per heavy atom. The molecular formula is C9H10F2N4O2. The van der Waals surface area contributed by atoms with Crippen LogP contribution < -0.4 is 5.76 Å². The third-order valence-electron chi connectivity index (χ3n) is 2.36. The van der Waals surface area contributed by atoms with Crippen LogP contribution >= 0.6 is 0 Å². The van der Waals surface area contributed by atoms with Gasteiger partial charge >= 0.3 is 5.76 Å². The van der Waals surface area contributed by atoms with E-state index in [1.165, 1.54) is 6.20 Å². The fourth-order valence-corrected chi connectivity index (χ4v) is 1.48. The van der Waals surface area contributed by atoms with Gasteiger partial charge in [-0.3, -0.25) is 9.51 Å². The van der Waals surface area contributed by atoms with Gasteiger partial charge in [0.1, 0.15) is 0 Å². The van der Waals surface area contributed by atoms with Crippen molar-refractivity contribution < 1.29 is 13.3 Å². The molecule has 17 heavy (non-hydrogen) atoms. The minimum absolute atomic E-state index is 0.181. The summed E-state index contributed by atoms with van der Waals surface area (Å²) in [6.07, 6.45) is -0.886. The second kappa shape index (κ2) is 4.48. The van der Waals surface area contributed by atoms with Crippen molar-refractivity contribution >= 4 is 0 Å². The number of hydrogen-bond donors (Lipinski definition) is 1. The van der Waals surface area contributed by atoms with Crippen LogP contribution in [0.15, 0.2) is 15.5 Å². The number of nitrogens with one attached hydrogen (secondary N) is 1. The summed E-state index contributed by atoms with van der Waals surface area (Å²) in [7, 11) is 1.66. The average molecular weight is 244 g/mol. The largest absolute Gasteiger partial charge is 0.439 e. The maximum Gasteiger partial charge on any atom is 0.439 e. The van der Waals surface area contributed by atoms with E-state index in [-0.39, 0.29) is 18.7 Å². The zero-order valence-corrected chi connectivity index (χ0v) is 8.98. The molecule has 2 heterocycles. The summed E-state index contributed by atoms with van der Waals surface area (Å²) < 4.78 is 30.1. The van der Waals surface area contributed by atoms with E-state index >= 15 is 0 Å². The Hall–Kier alpha value is -1.99. The molecule has 0 bridgehead atoms. The normalized spacial score (nSPS) is 11.3. The van der Waals surface area contributed by atoms with Crippen LogP contribution in [0.5, 0.6) is 0 Å². The van der Waals surface area contributed by atoms with Gasteiger partial charge in [-0.1, -0.05) is 5.16 Å². The van der Waals surface area contributed by atoms with Crippen molar-refractivity contribution in [1.82, 2.24) is 19.7 Å². The fourth-order valence-electron chi connectivity index (χ4n) is 1.48. The van der Waals surface area contributed by atoms with Gasteiger partial charge in [0.25, 0.3) is 0 Å². The molecule has 0 saturated heterocycles. The molecular weight excluding hydrogens is 234 g/mol. The Labute approximate surface area is 94.3 Å². The molecule has 0 aliphatic rings. The number of aromatic amines is 1. The maximum absolute atomic E-state index is 12.1. The zero-order valence-electron chi connectivity index (χ0n) is 8.98. The second-order valence-corrected chi connectivity index (χ2v) is 3.51. The van der Waals surface area contributed by atoms with Crippen molar-refractivity contribution in [2.24, 2.45) is 7.05 Å². The lowest BCUT2D eigenvalue weighted by Crippen LogP contribution is -2.03. The lowest BCUT2D eigenvalue weighted by molar-refractivity contribution is 0.137. The molecule has 2 rings (SSSR count). The van der Waals surface area contributed by atoms with Gasteiger partial charge in [0.2, 0.25) is 12.2 Å². The quantitative estimate of drug-likeness (QED) is 0.869. The van der Waals surface area contributed by atoms with E-state index in [1.54, 1.807) is 11.6 Å². The molecule has 8 heteroatoms. The lowest BCUT2D eigenvalue weighted by Gasteiger charge is -2.03. The first-order valence-electron chi connectivity index (χ1n) is 4.93. The molecule has 0 saturated carbocycles. The molecule has 0 unspecified atom stereocenters. The van der Waals surface area contributed by atoms with Gasteiger partial charge in [-0.15, -0.1) is 0 Å². The summed E-state index contributed by atoms with van der Waals surface area (Å²) in [5, 5.41) is 3.48. The summed E-state index contributed by atoms with van der Waals surface area (Å²) in [6.45, 7) is 0. The van der Waals surface area contributed by atoms with Crippen molar-refractivity contribution in [2.45, 2.75) is 19.3 Å². The summed E-state index contributed by atoms with van der Waals surface area (Å²) in [5.74, 6) is -0.127. The van der Waals surface area contributed by atoms with E-state index in [2.05, 4.69) is 19.6 Å². The SMILES string of the molecule is Cn1c(CCC(F)F)cnc1-c1noc(=O)[nH]1. The van der Waals surface area contributed by atoms with Gasteiger partial charge in [0.15, 0.2) is 5.82 Å². The highest BCUT2D eigenvalue weighted by Gasteiger charge is 2.14. The minimum Gasteiger partial charge on any atom is -0.328 e. The van der Waals surface area contributed by atoms with Crippen molar-refractivity contribution in [2.75, 3.05) is 0 Å². The molecule has 0 spiro atoms. The van der Waals surface area contributed by atoms with Crippen molar-refractivity contribution in [3.8, 4) is 11.6 Å². The van der Waals surface area contributed by atoms with Crippen LogP contribution in [-0.2, 0) is 13.5 Å². The number of nitrogens with zero attached hydrogens (tertiary/aromatic N) is 3. The first-order valence-corrected chi connectivity index (χ1v) is 4.93. The summed E-state index contributed by atoms with van der Waals surface area (Å²) in [5.41, 5.74) is 0.643. The van der Waals surface area contributed by atoms with Crippen LogP contribution in [0.3, 0.4) is 0 Å². The highest BCUT2D eigenvalue weighted by molar-refractivity contribution is 5.43. The number of aromatic nitrogens is 4. The van der Waals surface area contributed by atoms with Gasteiger partial charge in [-0.2, -0.15) is 0 Å². The van der Waals surface area contributed by atoms with Crippen LogP contribution in [0.25, 0.3) is 11.6 Å². The van der Waals surface area contributed by atoms with Gasteiger partial charge in [-0.05, 0) is 6.42 Å². The number of aryl methyl sites for hydroxylation is 1. The maximum atomic E-state index is 12.1. The summed E-state index contributed by atoms with van der Waals surface area (Å²) >= 11 is 0. The van der Waals surface area contributed by atoms with Crippen molar-refractivity contribution in [3.63, 3.8) is 0 Å². The molecule has 2 aromatic rings. The van der Waals surface area contributed by atoms with Gasteiger partial charge in [-0.25, -0.2) is 18.6 Å². The predicted molar refractivity (Wildman–Crippen MR) is 53.7 cm³/mol. The molecule has 92 valence electrons. The number of imidazole rings is 1. The molecule has 0 fully saturated rings. The summed E-state index contributed by atoms with van der Waals surface area (Å²) in [6, 6.07) is 0. The average Bonchev–Trinajstić information content (AvgIpc) is 2.82. The molecule has 2 aromatic heterocycles.